The summed E-state index contributed by atoms with van der Waals surface area (Å²) in [5, 5.41) is 170. The van der Waals surface area contributed by atoms with Gasteiger partial charge in [0.05, 0.1) is 49.2 Å². The van der Waals surface area contributed by atoms with Crippen molar-refractivity contribution in [2.24, 2.45) is 0 Å². The van der Waals surface area contributed by atoms with E-state index in [0.29, 0.717) is 112 Å². The first kappa shape index (κ1) is 66.2. The minimum atomic E-state index is -1.62. The molecule has 13 rings (SSSR count). The molecule has 93 heavy (non-hydrogen) atoms. The molecule has 4 unspecified atom stereocenters. The minimum absolute atomic E-state index is 0. The molecule has 6 aliphatic heterocycles. The molecule has 4 saturated heterocycles. The van der Waals surface area contributed by atoms with Crippen LogP contribution in [0.5, 0.6) is 0 Å². The molecule has 490 valence electrons. The first-order valence-electron chi connectivity index (χ1n) is 30.2. The predicted molar refractivity (Wildman–Crippen MR) is 331 cm³/mol. The number of aromatic amines is 2. The van der Waals surface area contributed by atoms with Gasteiger partial charge in [0, 0.05) is 61.4 Å². The van der Waals surface area contributed by atoms with E-state index in [1.54, 1.807) is 97.1 Å². The molecule has 0 aliphatic carbocycles. The fraction of sp³-hybridized carbons (Fsp3) is 0.353. The summed E-state index contributed by atoms with van der Waals surface area (Å²) in [6.07, 6.45) is -20.6. The molecular formula is C68H70FeN4O20. The number of fused-ring (bicyclic) bond motifs is 8. The standard InChI is InChI=1S/C68H70N4O20.Fe/c73-25-45-53(77)57(81)61(85)65(89-45)33-9-1-29(2-10-33)49-37-17-19-39(69-37)50(30-3-11-34(12-4-30)66-62(86)58(82)54(78)46(26-74)90-66)41-21-23-43(71-41)52(32-7-15-36(16-8-32)68-64(88)60(84)56(80)48(28-76)92-68)44-24-22-42(72-44)51(40-20-18-38(49)70-40)31-5-13-35(14-6-31)67-63(87)59(83)55(79)47(27-75)91-67;/h1-24,45-48,53-69,72-88H,25-28H2;/t45-,46-,47-,48-,53-,54-,55-,56-,57+,58+,59+,60+,61-,62-,63-,64-,65?,66?,67?,68?;/m1./s1. The van der Waals surface area contributed by atoms with Crippen molar-refractivity contribution in [3.05, 3.63) is 166 Å². The van der Waals surface area contributed by atoms with Gasteiger partial charge in [-0.15, -0.1) is 0 Å². The van der Waals surface area contributed by atoms with Gasteiger partial charge in [-0.3, -0.25) is 0 Å². The third-order valence-corrected chi connectivity index (χ3v) is 18.4. The zero-order chi connectivity index (χ0) is 64.5. The smallest absolute Gasteiger partial charge is 0.113 e. The summed E-state index contributed by atoms with van der Waals surface area (Å²) in [7, 11) is 0. The van der Waals surface area contributed by atoms with Crippen molar-refractivity contribution in [1.82, 2.24) is 19.9 Å². The Balaban J connectivity index is 0.00000832. The number of aromatic nitrogens is 4. The van der Waals surface area contributed by atoms with Crippen LogP contribution >= 0.6 is 0 Å². The first-order valence-corrected chi connectivity index (χ1v) is 30.2. The van der Waals surface area contributed by atoms with E-state index in [0.717, 1.165) is 0 Å². The molecule has 8 bridgehead atoms. The van der Waals surface area contributed by atoms with Crippen LogP contribution in [0.25, 0.3) is 90.9 Å². The number of aliphatic hydroxyl groups is 16. The van der Waals surface area contributed by atoms with E-state index in [1.165, 1.54) is 0 Å². The Morgan fingerprint density at radius 2 is 0.462 bits per heavy atom. The number of hydrogen-bond donors (Lipinski definition) is 18. The molecule has 0 spiro atoms. The maximum absolute atomic E-state index is 11.1. The van der Waals surface area contributed by atoms with Gasteiger partial charge in [0.2, 0.25) is 0 Å². The van der Waals surface area contributed by atoms with Crippen LogP contribution in [-0.2, 0) is 36.0 Å². The Bertz CT molecular complexity index is 3540. The summed E-state index contributed by atoms with van der Waals surface area (Å²) in [5.41, 5.74) is 10.8. The van der Waals surface area contributed by atoms with Crippen molar-refractivity contribution in [1.29, 1.82) is 0 Å². The van der Waals surface area contributed by atoms with E-state index in [9.17, 15) is 81.7 Å². The van der Waals surface area contributed by atoms with Crippen LogP contribution in [0.4, 0.5) is 0 Å². The van der Waals surface area contributed by atoms with Crippen LogP contribution in [0.3, 0.4) is 0 Å². The minimum Gasteiger partial charge on any atom is -0.394 e. The van der Waals surface area contributed by atoms with Crippen molar-refractivity contribution in [2.45, 2.75) is 122 Å². The molecule has 18 N–H and O–H groups in total. The van der Waals surface area contributed by atoms with Crippen LogP contribution in [-0.4, -0.2) is 226 Å². The van der Waals surface area contributed by atoms with Gasteiger partial charge >= 0.3 is 0 Å². The number of aliphatic hydroxyl groups excluding tert-OH is 16. The Morgan fingerprint density at radius 1 is 0.269 bits per heavy atom. The molecular weight excluding hydrogens is 1250 g/mol. The molecule has 0 saturated carbocycles. The number of nitrogens with one attached hydrogen (secondary N) is 2. The molecule has 7 aromatic rings. The SMILES string of the molecule is OC[C@H]1OC(c2ccc(-c3c4nc(c(-c5ccc(C6O[C@H](CO)[C@@H](O)[C@H](O)[C@H]6O)cc5)c5ccc([nH]5)c(-c5ccc(C6O[C@H](CO)[C@@H](O)[C@H](O)[C@H]6O)cc5)c5nc(c(-c6ccc(C7O[C@H](CO)[C@@H](O)[C@H](O)[C@H]7O)cc6)c6ccc3[nH]6)C=C5)C=C4)cc2)[C@H](O)[C@@H](O)[C@@H]1O.[Fe]. The number of benzene rings is 4. The predicted octanol–water partition coefficient (Wildman–Crippen LogP) is 1.38. The molecule has 20 atom stereocenters. The largest absolute Gasteiger partial charge is 0.394 e. The topological polar surface area (TPSA) is 418 Å². The van der Waals surface area contributed by atoms with Gasteiger partial charge in [-0.1, -0.05) is 97.1 Å². The Kier molecular flexibility index (Phi) is 19.3. The summed E-state index contributed by atoms with van der Waals surface area (Å²) in [4.78, 5) is 18.1. The van der Waals surface area contributed by atoms with Gasteiger partial charge in [0.15, 0.2) is 0 Å². The third kappa shape index (κ3) is 12.1. The van der Waals surface area contributed by atoms with Crippen molar-refractivity contribution < 1.29 is 118 Å². The van der Waals surface area contributed by atoms with E-state index in [4.69, 9.17) is 28.9 Å². The number of nitrogens with zero attached hydrogens (tertiary/aromatic N) is 2. The second kappa shape index (κ2) is 27.1. The van der Waals surface area contributed by atoms with Crippen molar-refractivity contribution in [3.63, 3.8) is 0 Å². The number of H-pyrrole nitrogens is 2. The second-order valence-electron chi connectivity index (χ2n) is 24.0. The zero-order valence-electron chi connectivity index (χ0n) is 49.3. The van der Waals surface area contributed by atoms with Gasteiger partial charge in [0.1, 0.15) is 122 Å². The number of hydrogen-bond acceptors (Lipinski definition) is 22. The van der Waals surface area contributed by atoms with E-state index < -0.39 is 149 Å². The van der Waals surface area contributed by atoms with Gasteiger partial charge in [-0.05, 0) is 93.1 Å². The van der Waals surface area contributed by atoms with E-state index in [-0.39, 0.29) is 17.1 Å². The van der Waals surface area contributed by atoms with Gasteiger partial charge in [-0.2, -0.15) is 0 Å². The summed E-state index contributed by atoms with van der Waals surface area (Å²) >= 11 is 0. The monoisotopic (exact) mass is 1320 g/mol. The first-order chi connectivity index (χ1) is 44.4. The molecule has 0 amide bonds. The van der Waals surface area contributed by atoms with E-state index >= 15 is 0 Å². The summed E-state index contributed by atoms with van der Waals surface area (Å²) < 4.78 is 23.7. The molecule has 25 heteroatoms. The normalized spacial score (nSPS) is 31.9. The van der Waals surface area contributed by atoms with Crippen LogP contribution < -0.4 is 0 Å². The van der Waals surface area contributed by atoms with Crippen LogP contribution in [0.2, 0.25) is 0 Å². The van der Waals surface area contributed by atoms with Crippen molar-refractivity contribution in [2.75, 3.05) is 26.4 Å². The van der Waals surface area contributed by atoms with Crippen molar-refractivity contribution in [3.8, 4) is 44.5 Å². The maximum Gasteiger partial charge on any atom is 0.113 e. The second-order valence-corrected chi connectivity index (χ2v) is 24.0. The van der Waals surface area contributed by atoms with E-state index in [1.807, 2.05) is 48.6 Å². The maximum atomic E-state index is 11.1. The summed E-state index contributed by atoms with van der Waals surface area (Å²) in [5.74, 6) is 0. The average molecular weight is 1320 g/mol. The van der Waals surface area contributed by atoms with Crippen LogP contribution in [0, 0.1) is 0 Å². The molecule has 6 aliphatic rings. The molecule has 24 nitrogen and oxygen atoms in total. The Hall–Kier alpha value is -6.80. The fourth-order valence-corrected chi connectivity index (χ4v) is 13.3. The van der Waals surface area contributed by atoms with Gasteiger partial charge < -0.3 is 111 Å². The van der Waals surface area contributed by atoms with Crippen LogP contribution in [0.15, 0.2) is 121 Å². The summed E-state index contributed by atoms with van der Waals surface area (Å²) in [6.45, 7) is -2.46. The van der Waals surface area contributed by atoms with Crippen molar-refractivity contribution >= 4 is 46.4 Å². The Labute approximate surface area is 541 Å². The molecule has 4 fully saturated rings. The van der Waals surface area contributed by atoms with E-state index in [2.05, 4.69) is 9.97 Å². The molecule has 0 radical (unpaired) electrons. The Morgan fingerprint density at radius 3 is 0.645 bits per heavy atom. The number of rotatable bonds is 12. The van der Waals surface area contributed by atoms with Gasteiger partial charge in [0.25, 0.3) is 0 Å². The molecule has 4 aromatic carbocycles. The van der Waals surface area contributed by atoms with Gasteiger partial charge in [-0.25, -0.2) is 9.97 Å². The summed E-state index contributed by atoms with van der Waals surface area (Å²) in [6, 6.07) is 35.5. The fourth-order valence-electron chi connectivity index (χ4n) is 13.3. The third-order valence-electron chi connectivity index (χ3n) is 18.4. The van der Waals surface area contributed by atoms with Crippen LogP contribution in [0.1, 0.15) is 69.4 Å². The molecule has 9 heterocycles. The average Bonchev–Trinajstić information content (AvgIpc) is 1.69. The zero-order valence-corrected chi connectivity index (χ0v) is 50.4. The quantitative estimate of drug-likeness (QED) is 0.0768. The molecule has 3 aromatic heterocycles. The number of ether oxygens (including phenoxy) is 4.